The van der Waals surface area contributed by atoms with E-state index in [4.69, 9.17) is 0 Å². The Morgan fingerprint density at radius 1 is 0.963 bits per heavy atom. The largest absolute Gasteiger partial charge is 0.342 e. The Bertz CT molecular complexity index is 606. The molecule has 27 heavy (non-hydrogen) atoms. The fraction of sp³-hybridized carbons (Fsp3) is 0.619. The van der Waals surface area contributed by atoms with E-state index in [-0.39, 0.29) is 11.9 Å². The average molecular weight is 373 g/mol. The Hall–Kier alpha value is -2.08. The second-order valence-electron chi connectivity index (χ2n) is 7.61. The van der Waals surface area contributed by atoms with Crippen LogP contribution in [0.4, 0.5) is 4.79 Å². The van der Waals surface area contributed by atoms with Gasteiger partial charge in [-0.05, 0) is 37.7 Å². The number of likely N-dealkylation sites (tertiary alicyclic amines) is 1. The predicted molar refractivity (Wildman–Crippen MR) is 107 cm³/mol. The molecule has 0 bridgehead atoms. The highest BCUT2D eigenvalue weighted by Gasteiger charge is 2.26. The zero-order valence-electron chi connectivity index (χ0n) is 16.4. The maximum atomic E-state index is 12.6. The fourth-order valence-electron chi connectivity index (χ4n) is 4.00. The minimum absolute atomic E-state index is 0.00367. The van der Waals surface area contributed by atoms with Crippen LogP contribution < -0.4 is 5.32 Å². The van der Waals surface area contributed by atoms with E-state index in [1.165, 1.54) is 5.56 Å². The van der Waals surface area contributed by atoms with Crippen LogP contribution in [0.3, 0.4) is 0 Å². The Balaban J connectivity index is 1.37. The summed E-state index contributed by atoms with van der Waals surface area (Å²) in [7, 11) is 0. The lowest BCUT2D eigenvalue weighted by molar-refractivity contribution is -0.134. The van der Waals surface area contributed by atoms with Gasteiger partial charge in [0.2, 0.25) is 5.91 Å². The molecule has 148 valence electrons. The van der Waals surface area contributed by atoms with Gasteiger partial charge in [0.1, 0.15) is 0 Å². The number of piperazine rings is 1. The van der Waals surface area contributed by atoms with Gasteiger partial charge in [0, 0.05) is 45.8 Å². The molecule has 1 aromatic rings. The molecule has 2 fully saturated rings. The fourth-order valence-corrected chi connectivity index (χ4v) is 4.00. The zero-order valence-corrected chi connectivity index (χ0v) is 16.4. The Labute approximate surface area is 162 Å². The van der Waals surface area contributed by atoms with E-state index in [0.29, 0.717) is 32.1 Å². The first kappa shape index (κ1) is 19.7. The number of hydrogen-bond acceptors (Lipinski definition) is 3. The molecule has 2 heterocycles. The maximum absolute atomic E-state index is 12.6. The van der Waals surface area contributed by atoms with E-state index in [1.807, 2.05) is 16.7 Å². The number of nitrogens with zero attached hydrogens (tertiary/aromatic N) is 3. The van der Waals surface area contributed by atoms with Crippen molar-refractivity contribution < 1.29 is 9.59 Å². The molecule has 2 aliphatic heterocycles. The molecule has 0 aromatic heterocycles. The number of carbonyl (C=O) groups is 2. The van der Waals surface area contributed by atoms with Crippen molar-refractivity contribution in [2.45, 2.75) is 26.2 Å². The lowest BCUT2D eigenvalue weighted by Crippen LogP contribution is -2.54. The van der Waals surface area contributed by atoms with Gasteiger partial charge in [-0.25, -0.2) is 4.79 Å². The first-order valence-corrected chi connectivity index (χ1v) is 10.2. The van der Waals surface area contributed by atoms with Crippen molar-refractivity contribution in [2.75, 3.05) is 52.4 Å². The van der Waals surface area contributed by atoms with Crippen LogP contribution in [0.5, 0.6) is 0 Å². The quantitative estimate of drug-likeness (QED) is 0.858. The van der Waals surface area contributed by atoms with Crippen LogP contribution >= 0.6 is 0 Å². The normalized spacial score (nSPS) is 19.1. The van der Waals surface area contributed by atoms with Gasteiger partial charge in [0.05, 0.1) is 6.54 Å². The van der Waals surface area contributed by atoms with E-state index in [1.54, 1.807) is 0 Å². The Kier molecular flexibility index (Phi) is 7.10. The maximum Gasteiger partial charge on any atom is 0.317 e. The third kappa shape index (κ3) is 5.70. The van der Waals surface area contributed by atoms with Crippen LogP contribution in [0, 0.1) is 5.92 Å². The van der Waals surface area contributed by atoms with E-state index >= 15 is 0 Å². The summed E-state index contributed by atoms with van der Waals surface area (Å²) in [5.74, 6) is 0.914. The van der Waals surface area contributed by atoms with E-state index < -0.39 is 0 Å². The van der Waals surface area contributed by atoms with Crippen LogP contribution in [0.15, 0.2) is 30.3 Å². The number of piperidine rings is 1. The zero-order chi connectivity index (χ0) is 19.1. The molecule has 0 unspecified atom stereocenters. The number of benzene rings is 1. The van der Waals surface area contributed by atoms with Crippen molar-refractivity contribution in [3.63, 3.8) is 0 Å². The first-order valence-electron chi connectivity index (χ1n) is 10.2. The molecule has 0 atom stereocenters. The van der Waals surface area contributed by atoms with Crippen molar-refractivity contribution >= 4 is 11.9 Å². The minimum Gasteiger partial charge on any atom is -0.342 e. The molecular weight excluding hydrogens is 340 g/mol. The topological polar surface area (TPSA) is 55.9 Å². The highest BCUT2D eigenvalue weighted by atomic mass is 16.2. The van der Waals surface area contributed by atoms with Gasteiger partial charge < -0.3 is 15.1 Å². The number of carbonyl (C=O) groups excluding carboxylic acids is 2. The van der Waals surface area contributed by atoms with Gasteiger partial charge in [-0.15, -0.1) is 0 Å². The summed E-state index contributed by atoms with van der Waals surface area (Å²) in [6.45, 7) is 7.72. The summed E-state index contributed by atoms with van der Waals surface area (Å²) >= 11 is 0. The predicted octanol–water partition coefficient (Wildman–Crippen LogP) is 1.81. The van der Waals surface area contributed by atoms with Crippen LogP contribution in [0.2, 0.25) is 0 Å². The molecule has 2 saturated heterocycles. The van der Waals surface area contributed by atoms with Gasteiger partial charge in [-0.2, -0.15) is 0 Å². The molecule has 2 aliphatic rings. The second kappa shape index (κ2) is 9.74. The van der Waals surface area contributed by atoms with Crippen LogP contribution in [-0.2, 0) is 11.2 Å². The Morgan fingerprint density at radius 2 is 1.63 bits per heavy atom. The first-order chi connectivity index (χ1) is 13.2. The average Bonchev–Trinajstić information content (AvgIpc) is 2.70. The summed E-state index contributed by atoms with van der Waals surface area (Å²) < 4.78 is 0. The molecule has 1 N–H and O–H groups in total. The molecule has 0 aliphatic carbocycles. The van der Waals surface area contributed by atoms with Crippen LogP contribution in [-0.4, -0.2) is 79.0 Å². The summed E-state index contributed by atoms with van der Waals surface area (Å²) in [5.41, 5.74) is 1.40. The molecule has 1 aromatic carbocycles. The van der Waals surface area contributed by atoms with Crippen molar-refractivity contribution in [2.24, 2.45) is 5.92 Å². The van der Waals surface area contributed by atoms with Gasteiger partial charge in [-0.3, -0.25) is 9.69 Å². The molecule has 3 amide bonds. The molecule has 6 nitrogen and oxygen atoms in total. The SMILES string of the molecule is CCNC(=O)N1CCN(CC(=O)N2CCC(Cc3ccccc3)CC2)CC1. The molecule has 6 heteroatoms. The smallest absolute Gasteiger partial charge is 0.317 e. The van der Waals surface area contributed by atoms with Crippen LogP contribution in [0.25, 0.3) is 0 Å². The summed E-state index contributed by atoms with van der Waals surface area (Å²) in [6, 6.07) is 10.6. The summed E-state index contributed by atoms with van der Waals surface area (Å²) in [4.78, 5) is 30.5. The lowest BCUT2D eigenvalue weighted by Gasteiger charge is -2.37. The van der Waals surface area contributed by atoms with E-state index in [0.717, 1.165) is 45.4 Å². The lowest BCUT2D eigenvalue weighted by atomic mass is 9.90. The van der Waals surface area contributed by atoms with Crippen LogP contribution in [0.1, 0.15) is 25.3 Å². The molecular formula is C21H32N4O2. The molecule has 0 spiro atoms. The Morgan fingerprint density at radius 3 is 2.26 bits per heavy atom. The van der Waals surface area contributed by atoms with Crippen molar-refractivity contribution in [1.29, 1.82) is 0 Å². The van der Waals surface area contributed by atoms with Gasteiger partial charge >= 0.3 is 6.03 Å². The number of rotatable bonds is 5. The monoisotopic (exact) mass is 372 g/mol. The second-order valence-corrected chi connectivity index (χ2v) is 7.61. The number of urea groups is 1. The van der Waals surface area contributed by atoms with Crippen molar-refractivity contribution in [1.82, 2.24) is 20.0 Å². The number of nitrogens with one attached hydrogen (secondary N) is 1. The number of amides is 3. The van der Waals surface area contributed by atoms with E-state index in [9.17, 15) is 9.59 Å². The molecule has 0 radical (unpaired) electrons. The van der Waals surface area contributed by atoms with Gasteiger partial charge in [0.25, 0.3) is 0 Å². The third-order valence-electron chi connectivity index (χ3n) is 5.68. The van der Waals surface area contributed by atoms with Gasteiger partial charge in [0.15, 0.2) is 0 Å². The highest BCUT2D eigenvalue weighted by Crippen LogP contribution is 2.21. The minimum atomic E-state index is 0.00367. The summed E-state index contributed by atoms with van der Waals surface area (Å²) in [5, 5.41) is 2.84. The number of hydrogen-bond donors (Lipinski definition) is 1. The van der Waals surface area contributed by atoms with Crippen molar-refractivity contribution in [3.8, 4) is 0 Å². The standard InChI is InChI=1S/C21H32N4O2/c1-2-22-21(27)25-14-12-23(13-15-25)17-20(26)24-10-8-19(9-11-24)16-18-6-4-3-5-7-18/h3-7,19H,2,8-17H2,1H3,(H,22,27). The molecule has 0 saturated carbocycles. The highest BCUT2D eigenvalue weighted by molar-refractivity contribution is 5.78. The van der Waals surface area contributed by atoms with E-state index in [2.05, 4.69) is 40.5 Å². The molecule has 3 rings (SSSR count). The van der Waals surface area contributed by atoms with Crippen molar-refractivity contribution in [3.05, 3.63) is 35.9 Å². The third-order valence-corrected chi connectivity index (χ3v) is 5.68. The van der Waals surface area contributed by atoms with Gasteiger partial charge in [-0.1, -0.05) is 30.3 Å². The summed E-state index contributed by atoms with van der Waals surface area (Å²) in [6.07, 6.45) is 3.29.